The Bertz CT molecular complexity index is 594. The number of aryl methyl sites for hydroxylation is 1. The smallest absolute Gasteiger partial charge is 0.308 e. The Morgan fingerprint density at radius 3 is 2.20 bits per heavy atom. The van der Waals surface area contributed by atoms with Crippen molar-refractivity contribution in [3.05, 3.63) is 46.2 Å². The van der Waals surface area contributed by atoms with E-state index in [4.69, 9.17) is 0 Å². The predicted molar refractivity (Wildman–Crippen MR) is 86.8 cm³/mol. The summed E-state index contributed by atoms with van der Waals surface area (Å²) in [6.45, 7) is 8.50. The fraction of sp³-hybridized carbons (Fsp3) is 0.312. The fourth-order valence-electron chi connectivity index (χ4n) is 1.73. The number of thiophene rings is 1. The van der Waals surface area contributed by atoms with E-state index in [1.165, 1.54) is 10.4 Å². The summed E-state index contributed by atoms with van der Waals surface area (Å²) in [7, 11) is 0. The maximum absolute atomic E-state index is 11.9. The van der Waals surface area contributed by atoms with Crippen LogP contribution in [0.5, 0.6) is 0 Å². The van der Waals surface area contributed by atoms with Crippen molar-refractivity contribution >= 4 is 28.7 Å². The molecule has 0 spiro atoms. The Labute approximate surface area is 124 Å². The normalized spacial score (nSPS) is 11.2. The summed E-state index contributed by atoms with van der Waals surface area (Å²) >= 11 is 1.66. The molecule has 4 heteroatoms. The van der Waals surface area contributed by atoms with Crippen molar-refractivity contribution in [2.45, 2.75) is 33.1 Å². The Morgan fingerprint density at radius 2 is 1.65 bits per heavy atom. The zero-order chi connectivity index (χ0) is 14.8. The molecule has 20 heavy (non-hydrogen) atoms. The molecule has 0 radical (unpaired) electrons. The van der Waals surface area contributed by atoms with Crippen molar-refractivity contribution < 1.29 is 4.79 Å². The number of nitrogens with one attached hydrogen (secondary N) is 2. The highest BCUT2D eigenvalue weighted by molar-refractivity contribution is 7.10. The monoisotopic (exact) mass is 288 g/mol. The van der Waals surface area contributed by atoms with Gasteiger partial charge < -0.3 is 10.6 Å². The summed E-state index contributed by atoms with van der Waals surface area (Å²) in [4.78, 5) is 13.2. The third kappa shape index (κ3) is 3.84. The highest BCUT2D eigenvalue weighted by Crippen LogP contribution is 2.30. The van der Waals surface area contributed by atoms with Gasteiger partial charge in [-0.15, -0.1) is 11.3 Å². The minimum absolute atomic E-state index is 0.109. The first-order chi connectivity index (χ1) is 9.34. The van der Waals surface area contributed by atoms with Crippen LogP contribution >= 0.6 is 11.3 Å². The van der Waals surface area contributed by atoms with E-state index in [1.54, 1.807) is 11.3 Å². The number of anilines is 2. The zero-order valence-corrected chi connectivity index (χ0v) is 13.1. The lowest BCUT2D eigenvalue weighted by Gasteiger charge is -2.15. The van der Waals surface area contributed by atoms with Crippen molar-refractivity contribution in [2.75, 3.05) is 10.6 Å². The van der Waals surface area contributed by atoms with Crippen molar-refractivity contribution in [3.63, 3.8) is 0 Å². The fourth-order valence-corrected chi connectivity index (χ4v) is 2.65. The SMILES string of the molecule is Cc1ccc(NC(=O)Nc2csc(C(C)(C)C)c2)cc1. The standard InChI is InChI=1S/C16H20N2OS/c1-11-5-7-12(8-6-11)17-15(19)18-13-9-14(20-10-13)16(2,3)4/h5-10H,1-4H3,(H2,17,18,19). The van der Waals surface area contributed by atoms with Gasteiger partial charge in [-0.3, -0.25) is 0 Å². The summed E-state index contributed by atoms with van der Waals surface area (Å²) in [5.74, 6) is 0. The van der Waals surface area contributed by atoms with Crippen LogP contribution in [-0.4, -0.2) is 6.03 Å². The number of carbonyl (C=O) groups is 1. The molecule has 0 saturated heterocycles. The number of amides is 2. The molecule has 2 N–H and O–H groups in total. The van der Waals surface area contributed by atoms with E-state index in [0.717, 1.165) is 11.4 Å². The second kappa shape index (κ2) is 5.67. The van der Waals surface area contributed by atoms with Crippen LogP contribution in [0.15, 0.2) is 35.7 Å². The zero-order valence-electron chi connectivity index (χ0n) is 12.3. The van der Waals surface area contributed by atoms with Gasteiger partial charge >= 0.3 is 6.03 Å². The summed E-state index contributed by atoms with van der Waals surface area (Å²) < 4.78 is 0. The number of hydrogen-bond donors (Lipinski definition) is 2. The highest BCUT2D eigenvalue weighted by atomic mass is 32.1. The number of urea groups is 1. The van der Waals surface area contributed by atoms with Crippen LogP contribution in [-0.2, 0) is 5.41 Å². The Balaban J connectivity index is 1.98. The first-order valence-corrected chi connectivity index (χ1v) is 7.46. The van der Waals surface area contributed by atoms with Crippen LogP contribution in [0.2, 0.25) is 0 Å². The molecule has 0 unspecified atom stereocenters. The molecule has 2 amide bonds. The summed E-state index contributed by atoms with van der Waals surface area (Å²) in [5, 5.41) is 7.65. The lowest BCUT2D eigenvalue weighted by molar-refractivity contribution is 0.262. The van der Waals surface area contributed by atoms with E-state index in [2.05, 4.69) is 31.4 Å². The van der Waals surface area contributed by atoms with Crippen LogP contribution in [0.4, 0.5) is 16.2 Å². The molecule has 1 heterocycles. The lowest BCUT2D eigenvalue weighted by atomic mass is 9.95. The van der Waals surface area contributed by atoms with Crippen LogP contribution in [0, 0.1) is 6.92 Å². The molecule has 0 fully saturated rings. The third-order valence-electron chi connectivity index (χ3n) is 2.91. The second-order valence-corrected chi connectivity index (χ2v) is 6.81. The summed E-state index contributed by atoms with van der Waals surface area (Å²) in [6, 6.07) is 9.54. The lowest BCUT2D eigenvalue weighted by Crippen LogP contribution is -2.19. The third-order valence-corrected chi connectivity index (χ3v) is 4.26. The van der Waals surface area contributed by atoms with Gasteiger partial charge in [0.15, 0.2) is 0 Å². The summed E-state index contributed by atoms with van der Waals surface area (Å²) in [6.07, 6.45) is 0. The van der Waals surface area contributed by atoms with E-state index >= 15 is 0 Å². The summed E-state index contributed by atoms with van der Waals surface area (Å²) in [5.41, 5.74) is 2.91. The van der Waals surface area contributed by atoms with Gasteiger partial charge in [0.2, 0.25) is 0 Å². The van der Waals surface area contributed by atoms with Gasteiger partial charge in [0, 0.05) is 15.9 Å². The predicted octanol–water partition coefficient (Wildman–Crippen LogP) is 5.00. The van der Waals surface area contributed by atoms with Crippen molar-refractivity contribution in [2.24, 2.45) is 0 Å². The van der Waals surface area contributed by atoms with Crippen LogP contribution in [0.3, 0.4) is 0 Å². The molecular formula is C16H20N2OS. The van der Waals surface area contributed by atoms with Gasteiger partial charge in [-0.25, -0.2) is 4.79 Å². The quantitative estimate of drug-likeness (QED) is 0.802. The van der Waals surface area contributed by atoms with E-state index < -0.39 is 0 Å². The number of hydrogen-bond acceptors (Lipinski definition) is 2. The van der Waals surface area contributed by atoms with Gasteiger partial charge in [-0.2, -0.15) is 0 Å². The number of carbonyl (C=O) groups excluding carboxylic acids is 1. The van der Waals surface area contributed by atoms with Gasteiger partial charge in [0.1, 0.15) is 0 Å². The van der Waals surface area contributed by atoms with Crippen molar-refractivity contribution in [1.82, 2.24) is 0 Å². The molecule has 2 aromatic rings. The first-order valence-electron chi connectivity index (χ1n) is 6.58. The average molecular weight is 288 g/mol. The molecule has 0 saturated carbocycles. The van der Waals surface area contributed by atoms with Gasteiger partial charge in [0.25, 0.3) is 0 Å². The first kappa shape index (κ1) is 14.6. The minimum atomic E-state index is -0.216. The molecule has 0 aliphatic carbocycles. The Kier molecular flexibility index (Phi) is 4.14. The molecular weight excluding hydrogens is 268 g/mol. The maximum atomic E-state index is 11.9. The second-order valence-electron chi connectivity index (χ2n) is 5.89. The number of benzene rings is 1. The van der Waals surface area contributed by atoms with Gasteiger partial charge in [-0.05, 0) is 30.5 Å². The molecule has 1 aromatic carbocycles. The number of rotatable bonds is 2. The van der Waals surface area contributed by atoms with E-state index in [0.29, 0.717) is 0 Å². The average Bonchev–Trinajstić information content (AvgIpc) is 2.80. The van der Waals surface area contributed by atoms with Crippen LogP contribution in [0.1, 0.15) is 31.2 Å². The van der Waals surface area contributed by atoms with E-state index in [9.17, 15) is 4.79 Å². The molecule has 2 rings (SSSR count). The highest BCUT2D eigenvalue weighted by Gasteiger charge is 2.16. The maximum Gasteiger partial charge on any atom is 0.323 e. The van der Waals surface area contributed by atoms with E-state index in [1.807, 2.05) is 42.6 Å². The van der Waals surface area contributed by atoms with Gasteiger partial charge in [-0.1, -0.05) is 38.5 Å². The van der Waals surface area contributed by atoms with Crippen molar-refractivity contribution in [3.8, 4) is 0 Å². The van der Waals surface area contributed by atoms with Crippen LogP contribution < -0.4 is 10.6 Å². The Hall–Kier alpha value is -1.81. The van der Waals surface area contributed by atoms with Crippen molar-refractivity contribution in [1.29, 1.82) is 0 Å². The molecule has 1 aromatic heterocycles. The molecule has 3 nitrogen and oxygen atoms in total. The Morgan fingerprint density at radius 1 is 1.05 bits per heavy atom. The molecule has 0 aliphatic heterocycles. The largest absolute Gasteiger partial charge is 0.323 e. The minimum Gasteiger partial charge on any atom is -0.308 e. The molecule has 0 bridgehead atoms. The van der Waals surface area contributed by atoms with Crippen LogP contribution in [0.25, 0.3) is 0 Å². The van der Waals surface area contributed by atoms with Gasteiger partial charge in [0.05, 0.1) is 5.69 Å². The topological polar surface area (TPSA) is 41.1 Å². The molecule has 106 valence electrons. The van der Waals surface area contributed by atoms with E-state index in [-0.39, 0.29) is 11.4 Å². The molecule has 0 atom stereocenters. The molecule has 0 aliphatic rings.